The number of rotatable bonds is 8. The van der Waals surface area contributed by atoms with Gasteiger partial charge in [0.1, 0.15) is 6.61 Å². The van der Waals surface area contributed by atoms with E-state index < -0.39 is 0 Å². The van der Waals surface area contributed by atoms with Crippen LogP contribution in [0.1, 0.15) is 56.6 Å². The maximum absolute atomic E-state index is 6.56. The van der Waals surface area contributed by atoms with E-state index in [4.69, 9.17) is 21.1 Å². The van der Waals surface area contributed by atoms with Crippen molar-refractivity contribution in [2.75, 3.05) is 6.61 Å². The molecule has 1 aliphatic carbocycles. The molecule has 3 rings (SSSR count). The van der Waals surface area contributed by atoms with Crippen LogP contribution in [0.15, 0.2) is 42.5 Å². The van der Waals surface area contributed by atoms with Crippen LogP contribution >= 0.6 is 11.6 Å². The highest BCUT2D eigenvalue weighted by atomic mass is 35.5. The minimum absolute atomic E-state index is 0.497. The summed E-state index contributed by atoms with van der Waals surface area (Å²) in [6.45, 7) is 3.84. The van der Waals surface area contributed by atoms with Crippen molar-refractivity contribution in [3.05, 3.63) is 58.6 Å². The summed E-state index contributed by atoms with van der Waals surface area (Å²) in [4.78, 5) is 0. The minimum Gasteiger partial charge on any atom is -0.490 e. The van der Waals surface area contributed by atoms with Gasteiger partial charge in [0.25, 0.3) is 0 Å². The number of benzene rings is 2. The summed E-state index contributed by atoms with van der Waals surface area (Å²) in [6, 6.07) is 14.6. The fourth-order valence-corrected chi connectivity index (χ4v) is 3.79. The van der Waals surface area contributed by atoms with Crippen LogP contribution in [-0.2, 0) is 13.2 Å². The molecule has 1 saturated carbocycles. The molecule has 0 heterocycles. The van der Waals surface area contributed by atoms with E-state index in [-0.39, 0.29) is 0 Å². The van der Waals surface area contributed by atoms with E-state index in [0.717, 1.165) is 28.4 Å². The zero-order valence-corrected chi connectivity index (χ0v) is 16.9. The van der Waals surface area contributed by atoms with Crippen LogP contribution < -0.4 is 14.8 Å². The number of halogens is 1. The Bertz CT molecular complexity index is 697. The Kier molecular flexibility index (Phi) is 7.85. The summed E-state index contributed by atoms with van der Waals surface area (Å²) in [5.74, 6) is 1.46. The van der Waals surface area contributed by atoms with Crippen LogP contribution in [0.25, 0.3) is 0 Å². The molecule has 0 bridgehead atoms. The van der Waals surface area contributed by atoms with Crippen molar-refractivity contribution in [2.45, 2.75) is 64.6 Å². The Hall–Kier alpha value is -1.71. The van der Waals surface area contributed by atoms with Crippen LogP contribution in [0.2, 0.25) is 5.02 Å². The Morgan fingerprint density at radius 3 is 2.37 bits per heavy atom. The van der Waals surface area contributed by atoms with Gasteiger partial charge in [-0.2, -0.15) is 0 Å². The standard InChI is InChI=1S/C23H30ClNO2/c1-2-26-22-14-19(16-25-20-12-8-3-4-9-13-20)21(24)15-23(22)27-17-18-10-6-5-7-11-18/h5-7,10-11,14-15,20,25H,2-4,8-9,12-13,16-17H2,1H3. The molecule has 1 N–H and O–H groups in total. The van der Waals surface area contributed by atoms with E-state index in [9.17, 15) is 0 Å². The van der Waals surface area contributed by atoms with Gasteiger partial charge in [-0.25, -0.2) is 0 Å². The van der Waals surface area contributed by atoms with Crippen molar-refractivity contribution < 1.29 is 9.47 Å². The van der Waals surface area contributed by atoms with Crippen LogP contribution in [0.4, 0.5) is 0 Å². The monoisotopic (exact) mass is 387 g/mol. The van der Waals surface area contributed by atoms with Gasteiger partial charge in [-0.05, 0) is 37.0 Å². The summed E-state index contributed by atoms with van der Waals surface area (Å²) in [5.41, 5.74) is 2.19. The predicted octanol–water partition coefficient (Wildman–Crippen LogP) is 6.13. The zero-order valence-electron chi connectivity index (χ0n) is 16.2. The lowest BCUT2D eigenvalue weighted by atomic mass is 10.1. The molecule has 1 aliphatic rings. The molecular weight excluding hydrogens is 358 g/mol. The summed E-state index contributed by atoms with van der Waals surface area (Å²) >= 11 is 6.56. The normalized spacial score (nSPS) is 15.3. The van der Waals surface area contributed by atoms with E-state index in [2.05, 4.69) is 5.32 Å². The Balaban J connectivity index is 1.67. The summed E-state index contributed by atoms with van der Waals surface area (Å²) in [6.07, 6.45) is 7.88. The highest BCUT2D eigenvalue weighted by molar-refractivity contribution is 6.31. The molecule has 0 aliphatic heterocycles. The van der Waals surface area contributed by atoms with Crippen LogP contribution in [0, 0.1) is 0 Å². The quantitative estimate of drug-likeness (QED) is 0.552. The molecule has 3 nitrogen and oxygen atoms in total. The fraction of sp³-hybridized carbons (Fsp3) is 0.478. The van der Waals surface area contributed by atoms with Crippen molar-refractivity contribution in [2.24, 2.45) is 0 Å². The highest BCUT2D eigenvalue weighted by Gasteiger charge is 2.15. The molecule has 0 radical (unpaired) electrons. The van der Waals surface area contributed by atoms with Gasteiger partial charge in [-0.3, -0.25) is 0 Å². The number of nitrogens with one attached hydrogen (secondary N) is 1. The first kappa shape index (κ1) is 20.0. The molecular formula is C23H30ClNO2. The van der Waals surface area contributed by atoms with E-state index in [1.807, 2.05) is 49.4 Å². The molecule has 4 heteroatoms. The predicted molar refractivity (Wildman–Crippen MR) is 112 cm³/mol. The van der Waals surface area contributed by atoms with Crippen molar-refractivity contribution >= 4 is 11.6 Å². The van der Waals surface area contributed by atoms with E-state index in [1.165, 1.54) is 38.5 Å². The van der Waals surface area contributed by atoms with Crippen molar-refractivity contribution in [3.63, 3.8) is 0 Å². The highest BCUT2D eigenvalue weighted by Crippen LogP contribution is 2.34. The SMILES string of the molecule is CCOc1cc(CNC2CCCCCC2)c(Cl)cc1OCc1ccccc1. The van der Waals surface area contributed by atoms with Gasteiger partial charge in [0, 0.05) is 23.7 Å². The zero-order chi connectivity index (χ0) is 18.9. The van der Waals surface area contributed by atoms with Gasteiger partial charge in [0.15, 0.2) is 11.5 Å². The summed E-state index contributed by atoms with van der Waals surface area (Å²) in [5, 5.41) is 4.41. The van der Waals surface area contributed by atoms with Crippen LogP contribution in [0.3, 0.4) is 0 Å². The first-order valence-corrected chi connectivity index (χ1v) is 10.5. The molecule has 0 atom stereocenters. The lowest BCUT2D eigenvalue weighted by Crippen LogP contribution is -2.28. The third-order valence-corrected chi connectivity index (χ3v) is 5.44. The van der Waals surface area contributed by atoms with Gasteiger partial charge in [-0.1, -0.05) is 67.6 Å². The second-order valence-electron chi connectivity index (χ2n) is 7.17. The molecule has 27 heavy (non-hydrogen) atoms. The van der Waals surface area contributed by atoms with Crippen molar-refractivity contribution in [1.29, 1.82) is 0 Å². The fourth-order valence-electron chi connectivity index (χ4n) is 3.57. The number of ether oxygens (including phenoxy) is 2. The first-order chi connectivity index (χ1) is 13.3. The van der Waals surface area contributed by atoms with Gasteiger partial charge < -0.3 is 14.8 Å². The first-order valence-electron chi connectivity index (χ1n) is 10.1. The van der Waals surface area contributed by atoms with Gasteiger partial charge in [0.2, 0.25) is 0 Å². The number of hydrogen-bond acceptors (Lipinski definition) is 3. The molecule has 0 amide bonds. The lowest BCUT2D eigenvalue weighted by molar-refractivity contribution is 0.269. The Morgan fingerprint density at radius 1 is 0.963 bits per heavy atom. The Morgan fingerprint density at radius 2 is 1.67 bits per heavy atom. The molecule has 146 valence electrons. The molecule has 1 fully saturated rings. The smallest absolute Gasteiger partial charge is 0.163 e. The van der Waals surface area contributed by atoms with Crippen molar-refractivity contribution in [3.8, 4) is 11.5 Å². The average Bonchev–Trinajstić information content (AvgIpc) is 2.97. The van der Waals surface area contributed by atoms with Crippen molar-refractivity contribution in [1.82, 2.24) is 5.32 Å². The van der Waals surface area contributed by atoms with E-state index >= 15 is 0 Å². The Labute approximate surface area is 168 Å². The van der Waals surface area contributed by atoms with E-state index in [0.29, 0.717) is 25.0 Å². The van der Waals surface area contributed by atoms with Crippen LogP contribution in [-0.4, -0.2) is 12.6 Å². The lowest BCUT2D eigenvalue weighted by Gasteiger charge is -2.19. The molecule has 2 aromatic carbocycles. The minimum atomic E-state index is 0.497. The average molecular weight is 388 g/mol. The molecule has 0 saturated heterocycles. The summed E-state index contributed by atoms with van der Waals surface area (Å²) in [7, 11) is 0. The maximum atomic E-state index is 6.56. The second-order valence-corrected chi connectivity index (χ2v) is 7.57. The molecule has 0 aromatic heterocycles. The molecule has 0 unspecified atom stereocenters. The van der Waals surface area contributed by atoms with E-state index in [1.54, 1.807) is 0 Å². The van der Waals surface area contributed by atoms with Gasteiger partial charge >= 0.3 is 0 Å². The third-order valence-electron chi connectivity index (χ3n) is 5.09. The topological polar surface area (TPSA) is 30.5 Å². The summed E-state index contributed by atoms with van der Waals surface area (Å²) < 4.78 is 11.8. The largest absolute Gasteiger partial charge is 0.490 e. The van der Waals surface area contributed by atoms with Crippen LogP contribution in [0.5, 0.6) is 11.5 Å². The van der Waals surface area contributed by atoms with Gasteiger partial charge in [0.05, 0.1) is 6.61 Å². The molecule has 0 spiro atoms. The maximum Gasteiger partial charge on any atom is 0.163 e. The number of hydrogen-bond donors (Lipinski definition) is 1. The second kappa shape index (κ2) is 10.6. The van der Waals surface area contributed by atoms with Gasteiger partial charge in [-0.15, -0.1) is 0 Å². The molecule has 2 aromatic rings. The third kappa shape index (κ3) is 6.15.